The molecule has 0 unspecified atom stereocenters. The molecule has 2 aliphatic carbocycles. The quantitative estimate of drug-likeness (QED) is 0.637. The average molecular weight is 350 g/mol. The van der Waals surface area contributed by atoms with Crippen LogP contribution in [-0.4, -0.2) is 18.7 Å². The Morgan fingerprint density at radius 3 is 2.92 bits per heavy atom. The van der Waals surface area contributed by atoms with E-state index in [0.717, 1.165) is 28.5 Å². The second-order valence-corrected chi connectivity index (χ2v) is 7.70. The molecule has 4 rings (SSSR count). The number of rotatable bonds is 5. The van der Waals surface area contributed by atoms with Crippen LogP contribution >= 0.6 is 0 Å². The van der Waals surface area contributed by atoms with Gasteiger partial charge in [0.2, 0.25) is 5.91 Å². The second kappa shape index (κ2) is 6.75. The van der Waals surface area contributed by atoms with Crippen LogP contribution in [-0.2, 0) is 4.79 Å². The summed E-state index contributed by atoms with van der Waals surface area (Å²) in [6.07, 6.45) is 6.56. The first kappa shape index (κ1) is 17.1. The Labute approximate surface area is 154 Å². The Morgan fingerprint density at radius 2 is 2.15 bits per heavy atom. The van der Waals surface area contributed by atoms with Gasteiger partial charge < -0.3 is 4.74 Å². The third-order valence-corrected chi connectivity index (χ3v) is 6.21. The van der Waals surface area contributed by atoms with Crippen molar-refractivity contribution in [1.29, 1.82) is 0 Å². The fourth-order valence-electron chi connectivity index (χ4n) is 4.77. The van der Waals surface area contributed by atoms with Crippen molar-refractivity contribution < 1.29 is 9.53 Å². The van der Waals surface area contributed by atoms with Crippen LogP contribution in [0.1, 0.15) is 45.1 Å². The molecular weight excluding hydrogens is 324 g/mol. The number of carbonyl (C=O) groups excluding carboxylic acids is 1. The number of nitrogens with one attached hydrogen (secondary N) is 1. The van der Waals surface area contributed by atoms with E-state index < -0.39 is 0 Å². The Balaban J connectivity index is 1.53. The minimum atomic E-state index is 0.0637. The van der Waals surface area contributed by atoms with Gasteiger partial charge in [0.15, 0.2) is 0 Å². The molecule has 4 heteroatoms. The zero-order valence-corrected chi connectivity index (χ0v) is 15.5. The van der Waals surface area contributed by atoms with Gasteiger partial charge in [-0.2, -0.15) is 5.10 Å². The Bertz CT molecular complexity index is 860. The highest BCUT2D eigenvalue weighted by molar-refractivity contribution is 6.02. The molecule has 136 valence electrons. The minimum absolute atomic E-state index is 0.0637. The zero-order valence-electron chi connectivity index (χ0n) is 15.5. The molecule has 26 heavy (non-hydrogen) atoms. The first-order chi connectivity index (χ1) is 12.6. The van der Waals surface area contributed by atoms with Crippen LogP contribution in [0.5, 0.6) is 5.75 Å². The number of hydrogen-bond acceptors (Lipinski definition) is 3. The van der Waals surface area contributed by atoms with Gasteiger partial charge in [0, 0.05) is 11.5 Å². The molecule has 0 radical (unpaired) electrons. The molecule has 2 saturated carbocycles. The normalized spacial score (nSPS) is 27.3. The molecule has 0 aliphatic heterocycles. The smallest absolute Gasteiger partial charge is 0.244 e. The highest BCUT2D eigenvalue weighted by Crippen LogP contribution is 2.66. The van der Waals surface area contributed by atoms with Gasteiger partial charge in [-0.1, -0.05) is 50.1 Å². The number of hydrogen-bond donors (Lipinski definition) is 1. The zero-order chi connectivity index (χ0) is 18.1. The van der Waals surface area contributed by atoms with Crippen LogP contribution in [0.15, 0.2) is 41.5 Å². The van der Waals surface area contributed by atoms with Crippen molar-refractivity contribution >= 4 is 22.9 Å². The summed E-state index contributed by atoms with van der Waals surface area (Å²) in [6, 6.07) is 12.1. The van der Waals surface area contributed by atoms with Crippen LogP contribution in [0.4, 0.5) is 0 Å². The minimum Gasteiger partial charge on any atom is -0.493 e. The topological polar surface area (TPSA) is 50.7 Å². The van der Waals surface area contributed by atoms with Gasteiger partial charge in [0.1, 0.15) is 5.75 Å². The maximum atomic E-state index is 12.6. The van der Waals surface area contributed by atoms with E-state index in [0.29, 0.717) is 12.5 Å². The molecule has 2 aromatic carbocycles. The van der Waals surface area contributed by atoms with E-state index in [-0.39, 0.29) is 17.2 Å². The van der Waals surface area contributed by atoms with Crippen molar-refractivity contribution in [2.75, 3.05) is 6.61 Å². The molecule has 0 saturated heterocycles. The monoisotopic (exact) mass is 350 g/mol. The van der Waals surface area contributed by atoms with E-state index in [1.54, 1.807) is 6.21 Å². The maximum Gasteiger partial charge on any atom is 0.244 e. The predicted molar refractivity (Wildman–Crippen MR) is 104 cm³/mol. The summed E-state index contributed by atoms with van der Waals surface area (Å²) in [5.41, 5.74) is 3.89. The molecule has 2 aromatic rings. The molecule has 0 aromatic heterocycles. The summed E-state index contributed by atoms with van der Waals surface area (Å²) in [6.45, 7) is 4.81. The summed E-state index contributed by atoms with van der Waals surface area (Å²) >= 11 is 0. The first-order valence-corrected chi connectivity index (χ1v) is 9.62. The SMILES string of the molecule is CCOc1ccc2ccccc2c1/C=N\NC(=O)[C@@H]1[C@@H]2CCCC[C@]12C. The number of fused-ring (bicyclic) bond motifs is 2. The third kappa shape index (κ3) is 2.87. The van der Waals surface area contributed by atoms with Crippen LogP contribution in [0.2, 0.25) is 0 Å². The van der Waals surface area contributed by atoms with Gasteiger partial charge in [-0.15, -0.1) is 0 Å². The summed E-state index contributed by atoms with van der Waals surface area (Å²) < 4.78 is 5.75. The van der Waals surface area contributed by atoms with Crippen molar-refractivity contribution in [2.24, 2.45) is 22.4 Å². The van der Waals surface area contributed by atoms with Crippen LogP contribution < -0.4 is 10.2 Å². The highest BCUT2D eigenvalue weighted by atomic mass is 16.5. The Morgan fingerprint density at radius 1 is 1.31 bits per heavy atom. The largest absolute Gasteiger partial charge is 0.493 e. The van der Waals surface area contributed by atoms with E-state index >= 15 is 0 Å². The standard InChI is InChI=1S/C22H26N2O2/c1-3-26-19-12-11-15-8-4-5-9-16(15)17(19)14-23-24-21(25)20-18-10-6-7-13-22(18,20)2/h4-5,8-9,11-12,14,18,20H,3,6-7,10,13H2,1-2H3,(H,24,25)/b23-14-/t18-,20-,22-/m0/s1. The predicted octanol–water partition coefficient (Wildman–Crippen LogP) is 4.51. The number of nitrogens with zero attached hydrogens (tertiary/aromatic N) is 1. The first-order valence-electron chi connectivity index (χ1n) is 9.62. The van der Waals surface area contributed by atoms with Crippen molar-refractivity contribution in [3.05, 3.63) is 42.0 Å². The highest BCUT2D eigenvalue weighted by Gasteiger charge is 2.64. The van der Waals surface area contributed by atoms with E-state index in [2.05, 4.69) is 29.6 Å². The summed E-state index contributed by atoms with van der Waals surface area (Å²) in [5, 5.41) is 6.48. The molecule has 2 aliphatic rings. The fraction of sp³-hybridized carbons (Fsp3) is 0.455. The number of benzene rings is 2. The van der Waals surface area contributed by atoms with Crippen LogP contribution in [0.25, 0.3) is 10.8 Å². The lowest BCUT2D eigenvalue weighted by atomic mass is 9.90. The molecule has 1 amide bonds. The third-order valence-electron chi connectivity index (χ3n) is 6.21. The number of amides is 1. The Hall–Kier alpha value is -2.36. The molecule has 2 fully saturated rings. The van der Waals surface area contributed by atoms with E-state index in [4.69, 9.17) is 4.74 Å². The number of ether oxygens (including phenoxy) is 1. The van der Waals surface area contributed by atoms with Crippen LogP contribution in [0.3, 0.4) is 0 Å². The lowest BCUT2D eigenvalue weighted by molar-refractivity contribution is -0.123. The number of hydrazone groups is 1. The van der Waals surface area contributed by atoms with Gasteiger partial charge in [-0.05, 0) is 47.9 Å². The van der Waals surface area contributed by atoms with E-state index in [9.17, 15) is 4.79 Å². The van der Waals surface area contributed by atoms with Gasteiger partial charge in [0.25, 0.3) is 0 Å². The van der Waals surface area contributed by atoms with E-state index in [1.807, 2.05) is 31.2 Å². The summed E-state index contributed by atoms with van der Waals surface area (Å²) in [5.74, 6) is 1.52. The van der Waals surface area contributed by atoms with Crippen molar-refractivity contribution in [2.45, 2.75) is 39.5 Å². The van der Waals surface area contributed by atoms with Crippen molar-refractivity contribution in [3.8, 4) is 5.75 Å². The lowest BCUT2D eigenvalue weighted by Gasteiger charge is -2.15. The van der Waals surface area contributed by atoms with Gasteiger partial charge in [-0.3, -0.25) is 4.79 Å². The van der Waals surface area contributed by atoms with Crippen molar-refractivity contribution in [1.82, 2.24) is 5.43 Å². The maximum absolute atomic E-state index is 12.6. The van der Waals surface area contributed by atoms with Crippen molar-refractivity contribution in [3.63, 3.8) is 0 Å². The summed E-state index contributed by atoms with van der Waals surface area (Å²) in [7, 11) is 0. The molecule has 0 bridgehead atoms. The number of carbonyl (C=O) groups is 1. The molecule has 0 heterocycles. The molecular formula is C22H26N2O2. The molecule has 1 N–H and O–H groups in total. The van der Waals surface area contributed by atoms with Crippen LogP contribution in [0, 0.1) is 17.3 Å². The summed E-state index contributed by atoms with van der Waals surface area (Å²) in [4.78, 5) is 12.6. The second-order valence-electron chi connectivity index (χ2n) is 7.70. The molecule has 3 atom stereocenters. The van der Waals surface area contributed by atoms with E-state index in [1.165, 1.54) is 19.3 Å². The van der Waals surface area contributed by atoms with Gasteiger partial charge >= 0.3 is 0 Å². The molecule has 0 spiro atoms. The van der Waals surface area contributed by atoms with Gasteiger partial charge in [0.05, 0.1) is 12.8 Å². The lowest BCUT2D eigenvalue weighted by Crippen LogP contribution is -2.22. The average Bonchev–Trinajstić information content (AvgIpc) is 3.29. The molecule has 4 nitrogen and oxygen atoms in total. The Kier molecular flexibility index (Phi) is 4.43. The van der Waals surface area contributed by atoms with Gasteiger partial charge in [-0.25, -0.2) is 5.43 Å². The fourth-order valence-corrected chi connectivity index (χ4v) is 4.77.